The van der Waals surface area contributed by atoms with Crippen molar-refractivity contribution in [2.75, 3.05) is 4.72 Å². The van der Waals surface area contributed by atoms with Gasteiger partial charge in [-0.05, 0) is 44.5 Å². The number of phenolic OH excluding ortho intramolecular Hbond substituents is 1. The van der Waals surface area contributed by atoms with E-state index in [1.165, 1.54) is 18.2 Å². The number of hydrogen-bond acceptors (Lipinski definition) is 3. The first-order chi connectivity index (χ1) is 9.72. The molecule has 0 radical (unpaired) electrons. The second-order valence-electron chi connectivity index (χ2n) is 4.95. The van der Waals surface area contributed by atoms with Crippen LogP contribution in [-0.4, -0.2) is 13.5 Å². The van der Waals surface area contributed by atoms with Crippen molar-refractivity contribution in [1.82, 2.24) is 0 Å². The van der Waals surface area contributed by atoms with Gasteiger partial charge in [0.1, 0.15) is 5.75 Å². The molecule has 0 aliphatic heterocycles. The summed E-state index contributed by atoms with van der Waals surface area (Å²) < 4.78 is 27.1. The Labute approximate surface area is 129 Å². The topological polar surface area (TPSA) is 66.4 Å². The number of hydrogen-bond donors (Lipinski definition) is 2. The standard InChI is InChI=1S/C15H16ClNO3S/c1-9-4-6-12(7-5-9)21(19,20)17-13-8-10(2)15(18)11(3)14(13)16/h4-8,17-18H,1-3H3. The molecule has 0 aromatic heterocycles. The number of halogens is 1. The molecule has 0 saturated carbocycles. The lowest BCUT2D eigenvalue weighted by Gasteiger charge is -2.14. The summed E-state index contributed by atoms with van der Waals surface area (Å²) >= 11 is 6.10. The van der Waals surface area contributed by atoms with E-state index >= 15 is 0 Å². The Bertz CT molecular complexity index is 784. The second kappa shape index (κ2) is 5.58. The number of benzene rings is 2. The average Bonchev–Trinajstić information content (AvgIpc) is 2.42. The van der Waals surface area contributed by atoms with Crippen LogP contribution < -0.4 is 4.72 Å². The van der Waals surface area contributed by atoms with E-state index in [9.17, 15) is 13.5 Å². The molecule has 0 amide bonds. The normalized spacial score (nSPS) is 11.4. The molecular formula is C15H16ClNO3S. The first-order valence-electron chi connectivity index (χ1n) is 6.30. The smallest absolute Gasteiger partial charge is 0.261 e. The number of sulfonamides is 1. The lowest BCUT2D eigenvalue weighted by Crippen LogP contribution is -2.13. The molecule has 0 heterocycles. The zero-order valence-electron chi connectivity index (χ0n) is 11.9. The third-order valence-corrected chi connectivity index (χ3v) is 5.10. The number of nitrogens with one attached hydrogen (secondary N) is 1. The Hall–Kier alpha value is -1.72. The van der Waals surface area contributed by atoms with Gasteiger partial charge >= 0.3 is 0 Å². The molecule has 6 heteroatoms. The Kier molecular flexibility index (Phi) is 4.16. The molecule has 0 unspecified atom stereocenters. The Morgan fingerprint density at radius 2 is 1.67 bits per heavy atom. The van der Waals surface area contributed by atoms with Gasteiger partial charge in [-0.2, -0.15) is 0 Å². The molecule has 21 heavy (non-hydrogen) atoms. The van der Waals surface area contributed by atoms with E-state index in [4.69, 9.17) is 11.6 Å². The maximum absolute atomic E-state index is 12.3. The molecule has 112 valence electrons. The van der Waals surface area contributed by atoms with Gasteiger partial charge in [-0.1, -0.05) is 29.3 Å². The Morgan fingerprint density at radius 1 is 1.10 bits per heavy atom. The fraction of sp³-hybridized carbons (Fsp3) is 0.200. The largest absolute Gasteiger partial charge is 0.507 e. The summed E-state index contributed by atoms with van der Waals surface area (Å²) in [6, 6.07) is 8.03. The molecule has 0 aliphatic carbocycles. The molecule has 0 saturated heterocycles. The molecule has 4 nitrogen and oxygen atoms in total. The van der Waals surface area contributed by atoms with Crippen LogP contribution in [0.3, 0.4) is 0 Å². The fourth-order valence-corrected chi connectivity index (χ4v) is 3.26. The highest BCUT2D eigenvalue weighted by Crippen LogP contribution is 2.35. The maximum Gasteiger partial charge on any atom is 0.261 e. The van der Waals surface area contributed by atoms with Crippen LogP contribution in [0.4, 0.5) is 5.69 Å². The summed E-state index contributed by atoms with van der Waals surface area (Å²) in [4.78, 5) is 0.160. The molecule has 2 rings (SSSR count). The van der Waals surface area contributed by atoms with E-state index < -0.39 is 10.0 Å². The third kappa shape index (κ3) is 3.14. The van der Waals surface area contributed by atoms with Gasteiger partial charge in [0.25, 0.3) is 10.0 Å². The van der Waals surface area contributed by atoms with Crippen molar-refractivity contribution >= 4 is 27.3 Å². The SMILES string of the molecule is Cc1ccc(S(=O)(=O)Nc2cc(C)c(O)c(C)c2Cl)cc1. The third-order valence-electron chi connectivity index (χ3n) is 3.23. The van der Waals surface area contributed by atoms with Crippen LogP contribution in [0, 0.1) is 20.8 Å². The first-order valence-corrected chi connectivity index (χ1v) is 8.16. The van der Waals surface area contributed by atoms with Crippen LogP contribution in [0.5, 0.6) is 5.75 Å². The van der Waals surface area contributed by atoms with Crippen molar-refractivity contribution in [1.29, 1.82) is 0 Å². The van der Waals surface area contributed by atoms with Gasteiger partial charge in [0, 0.05) is 5.56 Å². The van der Waals surface area contributed by atoms with Gasteiger partial charge in [-0.25, -0.2) is 8.42 Å². The van der Waals surface area contributed by atoms with Gasteiger partial charge in [0.2, 0.25) is 0 Å². The van der Waals surface area contributed by atoms with E-state index in [1.807, 2.05) is 6.92 Å². The van der Waals surface area contributed by atoms with Gasteiger partial charge in [0.15, 0.2) is 0 Å². The zero-order chi connectivity index (χ0) is 15.8. The predicted molar refractivity (Wildman–Crippen MR) is 84.6 cm³/mol. The van der Waals surface area contributed by atoms with Crippen molar-refractivity contribution < 1.29 is 13.5 Å². The number of phenols is 1. The molecule has 2 N–H and O–H groups in total. The van der Waals surface area contributed by atoms with Crippen molar-refractivity contribution in [3.63, 3.8) is 0 Å². The molecule has 0 atom stereocenters. The van der Waals surface area contributed by atoms with Gasteiger partial charge in [0.05, 0.1) is 15.6 Å². The molecule has 0 fully saturated rings. The van der Waals surface area contributed by atoms with Gasteiger partial charge in [-0.3, -0.25) is 4.72 Å². The molecule has 2 aromatic carbocycles. The van der Waals surface area contributed by atoms with Crippen molar-refractivity contribution in [3.8, 4) is 5.75 Å². The summed E-state index contributed by atoms with van der Waals surface area (Å²) in [6.07, 6.45) is 0. The molecule has 0 spiro atoms. The van der Waals surface area contributed by atoms with Crippen LogP contribution in [0.15, 0.2) is 35.2 Å². The van der Waals surface area contributed by atoms with Gasteiger partial charge in [-0.15, -0.1) is 0 Å². The Balaban J connectivity index is 2.44. The number of anilines is 1. The maximum atomic E-state index is 12.3. The van der Waals surface area contributed by atoms with Crippen molar-refractivity contribution in [3.05, 3.63) is 52.0 Å². The Morgan fingerprint density at radius 3 is 2.24 bits per heavy atom. The highest BCUT2D eigenvalue weighted by molar-refractivity contribution is 7.92. The van der Waals surface area contributed by atoms with Crippen LogP contribution in [0.2, 0.25) is 5.02 Å². The van der Waals surface area contributed by atoms with Crippen molar-refractivity contribution in [2.45, 2.75) is 25.7 Å². The second-order valence-corrected chi connectivity index (χ2v) is 7.01. The first kappa shape index (κ1) is 15.7. The lowest BCUT2D eigenvalue weighted by molar-refractivity contribution is 0.467. The number of aryl methyl sites for hydroxylation is 2. The van der Waals surface area contributed by atoms with E-state index in [0.29, 0.717) is 11.1 Å². The minimum atomic E-state index is -3.72. The van der Waals surface area contributed by atoms with E-state index in [0.717, 1.165) is 5.56 Å². The van der Waals surface area contributed by atoms with E-state index in [1.54, 1.807) is 26.0 Å². The van der Waals surface area contributed by atoms with Crippen LogP contribution in [0.1, 0.15) is 16.7 Å². The summed E-state index contributed by atoms with van der Waals surface area (Å²) in [5.41, 5.74) is 2.23. The highest BCUT2D eigenvalue weighted by atomic mass is 35.5. The minimum Gasteiger partial charge on any atom is -0.507 e. The lowest BCUT2D eigenvalue weighted by atomic mass is 10.1. The summed E-state index contributed by atoms with van der Waals surface area (Å²) in [6.45, 7) is 5.20. The molecular weight excluding hydrogens is 310 g/mol. The van der Waals surface area contributed by atoms with Crippen molar-refractivity contribution in [2.24, 2.45) is 0 Å². The van der Waals surface area contributed by atoms with Crippen LogP contribution >= 0.6 is 11.6 Å². The quantitative estimate of drug-likeness (QED) is 0.844. The summed E-state index contributed by atoms with van der Waals surface area (Å²) in [5.74, 6) is 0.0679. The van der Waals surface area contributed by atoms with E-state index in [-0.39, 0.29) is 21.4 Å². The number of rotatable bonds is 3. The fourth-order valence-electron chi connectivity index (χ4n) is 1.95. The zero-order valence-corrected chi connectivity index (χ0v) is 13.5. The van der Waals surface area contributed by atoms with Crippen LogP contribution in [0.25, 0.3) is 0 Å². The van der Waals surface area contributed by atoms with E-state index in [2.05, 4.69) is 4.72 Å². The average molecular weight is 326 g/mol. The molecule has 0 aliphatic rings. The van der Waals surface area contributed by atoms with Gasteiger partial charge < -0.3 is 5.11 Å². The van der Waals surface area contributed by atoms with Crippen LogP contribution in [-0.2, 0) is 10.0 Å². The number of aromatic hydroxyl groups is 1. The summed E-state index contributed by atoms with van der Waals surface area (Å²) in [5, 5.41) is 9.98. The molecule has 0 bridgehead atoms. The monoisotopic (exact) mass is 325 g/mol. The molecule has 2 aromatic rings. The minimum absolute atomic E-state index is 0.0679. The summed E-state index contributed by atoms with van der Waals surface area (Å²) in [7, 11) is -3.72. The predicted octanol–water partition coefficient (Wildman–Crippen LogP) is 3.77. The highest BCUT2D eigenvalue weighted by Gasteiger charge is 2.18.